The minimum absolute atomic E-state index is 0.344. The van der Waals surface area contributed by atoms with E-state index in [0.717, 1.165) is 20.6 Å². The standard InChI is InChI=1S/C21H22N2O5S/c1-21(2)10-14-15(12-28-21)29-19-17(14)18(26)23(11-16(24)25)20(27)22(19)9-8-13-6-4-3-5-7-13/h3-7H,8-12H2,1-2H3,(H,24,25)/p-1. The van der Waals surface area contributed by atoms with Crippen molar-refractivity contribution in [3.63, 3.8) is 0 Å². The van der Waals surface area contributed by atoms with Crippen molar-refractivity contribution in [2.45, 2.75) is 52.0 Å². The van der Waals surface area contributed by atoms with Crippen LogP contribution in [0.5, 0.6) is 0 Å². The smallest absolute Gasteiger partial charge is 0.332 e. The Kier molecular flexibility index (Phi) is 4.92. The SMILES string of the molecule is CC1(C)Cc2c(sc3c2c(=O)n(CC(=O)[O-])c(=O)n3CCc2ccccc2)CO1. The molecule has 1 aromatic carbocycles. The number of aromatic nitrogens is 2. The van der Waals surface area contributed by atoms with Gasteiger partial charge in [0.2, 0.25) is 0 Å². The summed E-state index contributed by atoms with van der Waals surface area (Å²) in [5.41, 5.74) is 0.280. The first-order valence-corrected chi connectivity index (χ1v) is 10.2. The van der Waals surface area contributed by atoms with Gasteiger partial charge in [0.15, 0.2) is 0 Å². The van der Waals surface area contributed by atoms with E-state index in [1.165, 1.54) is 15.9 Å². The van der Waals surface area contributed by atoms with E-state index >= 15 is 0 Å². The summed E-state index contributed by atoms with van der Waals surface area (Å²) in [4.78, 5) is 38.8. The van der Waals surface area contributed by atoms with Crippen LogP contribution in [-0.4, -0.2) is 20.7 Å². The topological polar surface area (TPSA) is 93.4 Å². The largest absolute Gasteiger partial charge is 0.548 e. The molecular weight excluding hydrogens is 392 g/mol. The van der Waals surface area contributed by atoms with Gasteiger partial charge in [0, 0.05) is 17.8 Å². The summed E-state index contributed by atoms with van der Waals surface area (Å²) < 4.78 is 8.16. The van der Waals surface area contributed by atoms with Gasteiger partial charge in [-0.1, -0.05) is 30.3 Å². The molecule has 0 fully saturated rings. The molecule has 0 aliphatic carbocycles. The first kappa shape index (κ1) is 19.6. The highest BCUT2D eigenvalue weighted by atomic mass is 32.1. The molecule has 0 spiro atoms. The second kappa shape index (κ2) is 7.27. The first-order chi connectivity index (χ1) is 13.8. The van der Waals surface area contributed by atoms with Crippen LogP contribution in [0.4, 0.5) is 0 Å². The third kappa shape index (κ3) is 3.65. The summed E-state index contributed by atoms with van der Waals surface area (Å²) >= 11 is 1.38. The zero-order chi connectivity index (χ0) is 20.8. The highest BCUT2D eigenvalue weighted by molar-refractivity contribution is 7.18. The van der Waals surface area contributed by atoms with Crippen LogP contribution in [0.3, 0.4) is 0 Å². The summed E-state index contributed by atoms with van der Waals surface area (Å²) in [6.45, 7) is 3.85. The molecule has 0 N–H and O–H groups in total. The van der Waals surface area contributed by atoms with Crippen LogP contribution >= 0.6 is 11.3 Å². The van der Waals surface area contributed by atoms with Gasteiger partial charge in [0.25, 0.3) is 5.56 Å². The molecule has 29 heavy (non-hydrogen) atoms. The molecule has 0 amide bonds. The fourth-order valence-corrected chi connectivity index (χ4v) is 5.00. The fourth-order valence-electron chi connectivity index (χ4n) is 3.76. The number of nitrogens with zero attached hydrogens (tertiary/aromatic N) is 2. The molecule has 0 saturated heterocycles. The number of rotatable bonds is 5. The lowest BCUT2D eigenvalue weighted by Crippen LogP contribution is -2.44. The number of aliphatic carboxylic acids is 1. The Morgan fingerprint density at radius 2 is 1.93 bits per heavy atom. The maximum absolute atomic E-state index is 13.1. The predicted molar refractivity (Wildman–Crippen MR) is 108 cm³/mol. The zero-order valence-corrected chi connectivity index (χ0v) is 17.1. The number of hydrogen-bond donors (Lipinski definition) is 0. The van der Waals surface area contributed by atoms with E-state index in [4.69, 9.17) is 4.74 Å². The second-order valence-electron chi connectivity index (χ2n) is 7.84. The van der Waals surface area contributed by atoms with Crippen molar-refractivity contribution in [1.29, 1.82) is 0 Å². The molecule has 8 heteroatoms. The average molecular weight is 413 g/mol. The average Bonchev–Trinajstić information content (AvgIpc) is 3.03. The number of carbonyl (C=O) groups is 1. The molecule has 3 heterocycles. The van der Waals surface area contributed by atoms with Crippen molar-refractivity contribution in [2.24, 2.45) is 0 Å². The third-order valence-electron chi connectivity index (χ3n) is 5.19. The molecular formula is C21H21N2O5S-. The monoisotopic (exact) mass is 413 g/mol. The van der Waals surface area contributed by atoms with Gasteiger partial charge in [0.05, 0.1) is 30.1 Å². The number of ether oxygens (including phenoxy) is 1. The van der Waals surface area contributed by atoms with E-state index in [1.807, 2.05) is 44.2 Å². The van der Waals surface area contributed by atoms with Crippen LogP contribution < -0.4 is 16.4 Å². The van der Waals surface area contributed by atoms with Gasteiger partial charge in [-0.3, -0.25) is 13.9 Å². The van der Waals surface area contributed by atoms with Gasteiger partial charge >= 0.3 is 5.69 Å². The molecule has 4 rings (SSSR count). The van der Waals surface area contributed by atoms with E-state index in [0.29, 0.717) is 36.2 Å². The number of hydrogen-bond acceptors (Lipinski definition) is 6. The van der Waals surface area contributed by atoms with Crippen LogP contribution in [0.15, 0.2) is 39.9 Å². The Morgan fingerprint density at radius 3 is 2.62 bits per heavy atom. The minimum Gasteiger partial charge on any atom is -0.548 e. The van der Waals surface area contributed by atoms with Gasteiger partial charge in [-0.2, -0.15) is 0 Å². The lowest BCUT2D eigenvalue weighted by Gasteiger charge is -2.29. The Bertz CT molecular complexity index is 1200. The predicted octanol–water partition coefficient (Wildman–Crippen LogP) is 1.07. The molecule has 0 saturated carbocycles. The minimum atomic E-state index is -1.47. The number of thiophene rings is 1. The molecule has 0 radical (unpaired) electrons. The van der Waals surface area contributed by atoms with Crippen LogP contribution in [0.25, 0.3) is 10.2 Å². The highest BCUT2D eigenvalue weighted by Crippen LogP contribution is 2.37. The molecule has 152 valence electrons. The maximum atomic E-state index is 13.1. The van der Waals surface area contributed by atoms with Gasteiger partial charge < -0.3 is 14.6 Å². The second-order valence-corrected chi connectivity index (χ2v) is 8.93. The Labute approximate surface area is 170 Å². The third-order valence-corrected chi connectivity index (χ3v) is 6.42. The summed E-state index contributed by atoms with van der Waals surface area (Å²) in [7, 11) is 0. The van der Waals surface area contributed by atoms with Crippen molar-refractivity contribution < 1.29 is 14.6 Å². The maximum Gasteiger partial charge on any atom is 0.332 e. The molecule has 0 bridgehead atoms. The van der Waals surface area contributed by atoms with Crippen LogP contribution in [0.2, 0.25) is 0 Å². The van der Waals surface area contributed by atoms with Crippen molar-refractivity contribution in [3.05, 3.63) is 67.2 Å². The Hall–Kier alpha value is -2.71. The van der Waals surface area contributed by atoms with Gasteiger partial charge in [-0.25, -0.2) is 4.79 Å². The first-order valence-electron chi connectivity index (χ1n) is 9.42. The molecule has 7 nitrogen and oxygen atoms in total. The Balaban J connectivity index is 1.91. The molecule has 3 aromatic rings. The lowest BCUT2D eigenvalue weighted by molar-refractivity contribution is -0.306. The highest BCUT2D eigenvalue weighted by Gasteiger charge is 2.31. The number of carboxylic acid groups (broad SMARTS) is 1. The number of aryl methyl sites for hydroxylation is 2. The fraction of sp³-hybridized carbons (Fsp3) is 0.381. The molecule has 1 aliphatic heterocycles. The number of benzene rings is 1. The van der Waals surface area contributed by atoms with Crippen LogP contribution in [-0.2, 0) is 42.1 Å². The molecule has 0 atom stereocenters. The summed E-state index contributed by atoms with van der Waals surface area (Å²) in [6, 6.07) is 9.70. The van der Waals surface area contributed by atoms with Crippen molar-refractivity contribution in [1.82, 2.24) is 9.13 Å². The normalized spacial score (nSPS) is 15.4. The van der Waals surface area contributed by atoms with Crippen molar-refractivity contribution >= 4 is 27.5 Å². The van der Waals surface area contributed by atoms with Gasteiger partial charge in [-0.15, -0.1) is 11.3 Å². The zero-order valence-electron chi connectivity index (χ0n) is 16.3. The summed E-state index contributed by atoms with van der Waals surface area (Å²) in [6.07, 6.45) is 1.11. The van der Waals surface area contributed by atoms with Crippen LogP contribution in [0.1, 0.15) is 29.9 Å². The lowest BCUT2D eigenvalue weighted by atomic mass is 9.94. The molecule has 0 unspecified atom stereocenters. The van der Waals surface area contributed by atoms with E-state index in [2.05, 4.69) is 0 Å². The van der Waals surface area contributed by atoms with E-state index < -0.39 is 29.4 Å². The number of carboxylic acids is 1. The van der Waals surface area contributed by atoms with Gasteiger partial charge in [0.1, 0.15) is 4.83 Å². The van der Waals surface area contributed by atoms with Crippen LogP contribution in [0, 0.1) is 0 Å². The number of fused-ring (bicyclic) bond motifs is 3. The Morgan fingerprint density at radius 1 is 1.21 bits per heavy atom. The van der Waals surface area contributed by atoms with E-state index in [1.54, 1.807) is 0 Å². The van der Waals surface area contributed by atoms with Gasteiger partial charge in [-0.05, 0) is 31.4 Å². The molecule has 1 aliphatic rings. The quantitative estimate of drug-likeness (QED) is 0.624. The molecule has 2 aromatic heterocycles. The summed E-state index contributed by atoms with van der Waals surface area (Å²) in [5, 5.41) is 11.6. The van der Waals surface area contributed by atoms with E-state index in [9.17, 15) is 19.5 Å². The summed E-state index contributed by atoms with van der Waals surface area (Å²) in [5.74, 6) is -1.47. The van der Waals surface area contributed by atoms with Crippen molar-refractivity contribution in [3.8, 4) is 0 Å². The van der Waals surface area contributed by atoms with E-state index in [-0.39, 0.29) is 0 Å². The van der Waals surface area contributed by atoms with Crippen molar-refractivity contribution in [2.75, 3.05) is 0 Å². The number of carbonyl (C=O) groups excluding carboxylic acids is 1.